The number of nitrogens with one attached hydrogen (secondary N) is 1. The Bertz CT molecular complexity index is 439. The average molecular weight is 267 g/mol. The summed E-state index contributed by atoms with van der Waals surface area (Å²) in [7, 11) is 0. The van der Waals surface area contributed by atoms with E-state index in [1.54, 1.807) is 18.0 Å². The minimum Gasteiger partial charge on any atom is -0.396 e. The maximum atomic E-state index is 12.0. The van der Waals surface area contributed by atoms with Gasteiger partial charge in [0.2, 0.25) is 11.8 Å². The van der Waals surface area contributed by atoms with Crippen LogP contribution >= 0.6 is 0 Å². The highest BCUT2D eigenvalue weighted by Gasteiger charge is 2.19. The molecule has 106 valence electrons. The lowest BCUT2D eigenvalue weighted by Gasteiger charge is -2.23. The molecule has 1 aromatic heterocycles. The molecule has 0 radical (unpaired) electrons. The Labute approximate surface area is 112 Å². The highest BCUT2D eigenvalue weighted by Crippen LogP contribution is 1.98. The van der Waals surface area contributed by atoms with Crippen LogP contribution in [0.4, 0.5) is 5.69 Å². The lowest BCUT2D eigenvalue weighted by atomic mass is 10.2. The number of anilines is 1. The molecule has 0 saturated heterocycles. The molecule has 0 aromatic carbocycles. The smallest absolute Gasteiger partial charge is 0.244 e. The molecule has 1 aromatic rings. The summed E-state index contributed by atoms with van der Waals surface area (Å²) in [6.45, 7) is 6.80. The van der Waals surface area contributed by atoms with Crippen LogP contribution in [-0.4, -0.2) is 45.6 Å². The van der Waals surface area contributed by atoms with Crippen molar-refractivity contribution in [3.05, 3.63) is 12.4 Å². The maximum absolute atomic E-state index is 12.0. The van der Waals surface area contributed by atoms with Crippen molar-refractivity contribution >= 4 is 17.5 Å². The molecule has 1 unspecified atom stereocenters. The number of nitrogen functional groups attached to an aromatic ring is 1. The second-order valence-electron chi connectivity index (χ2n) is 4.27. The molecular weight excluding hydrogens is 246 g/mol. The van der Waals surface area contributed by atoms with Crippen molar-refractivity contribution in [2.45, 2.75) is 33.4 Å². The first-order valence-corrected chi connectivity index (χ1v) is 6.34. The Balaban J connectivity index is 2.49. The summed E-state index contributed by atoms with van der Waals surface area (Å²) in [6, 6.07) is -0.541. The summed E-state index contributed by atoms with van der Waals surface area (Å²) in [4.78, 5) is 25.4. The summed E-state index contributed by atoms with van der Waals surface area (Å²) in [6.07, 6.45) is 3.04. The molecular formula is C12H21N5O2. The first kappa shape index (κ1) is 15.0. The number of likely N-dealkylation sites (N-methyl/N-ethyl adjacent to an activating group) is 1. The third kappa shape index (κ3) is 4.27. The fourth-order valence-electron chi connectivity index (χ4n) is 1.77. The minimum atomic E-state index is -0.541. The van der Waals surface area contributed by atoms with Crippen LogP contribution in [0.5, 0.6) is 0 Å². The lowest BCUT2D eigenvalue weighted by Crippen LogP contribution is -2.47. The van der Waals surface area contributed by atoms with Gasteiger partial charge in [-0.3, -0.25) is 14.3 Å². The van der Waals surface area contributed by atoms with Gasteiger partial charge in [-0.25, -0.2) is 0 Å². The molecule has 7 heteroatoms. The summed E-state index contributed by atoms with van der Waals surface area (Å²) in [5.41, 5.74) is 6.00. The molecule has 0 spiro atoms. The second-order valence-corrected chi connectivity index (χ2v) is 4.27. The monoisotopic (exact) mass is 267 g/mol. The highest BCUT2D eigenvalue weighted by atomic mass is 16.2. The van der Waals surface area contributed by atoms with E-state index in [2.05, 4.69) is 10.4 Å². The van der Waals surface area contributed by atoms with E-state index in [9.17, 15) is 9.59 Å². The van der Waals surface area contributed by atoms with E-state index in [1.807, 2.05) is 13.8 Å². The standard InChI is InChI=1S/C12H21N5O2/c1-4-16(5-2)12(19)9(3)15-11(18)8-17-7-10(13)6-14-17/h6-7,9H,4-5,8,13H2,1-3H3,(H,15,18). The van der Waals surface area contributed by atoms with Crippen LogP contribution in [0.3, 0.4) is 0 Å². The molecule has 19 heavy (non-hydrogen) atoms. The van der Waals surface area contributed by atoms with Gasteiger partial charge in [-0.15, -0.1) is 0 Å². The summed E-state index contributed by atoms with van der Waals surface area (Å²) >= 11 is 0. The normalized spacial score (nSPS) is 11.9. The quantitative estimate of drug-likeness (QED) is 0.749. The van der Waals surface area contributed by atoms with Crippen molar-refractivity contribution in [3.63, 3.8) is 0 Å². The van der Waals surface area contributed by atoms with Crippen molar-refractivity contribution in [1.82, 2.24) is 20.0 Å². The van der Waals surface area contributed by atoms with Gasteiger partial charge in [-0.05, 0) is 20.8 Å². The first-order valence-electron chi connectivity index (χ1n) is 6.34. The highest BCUT2D eigenvalue weighted by molar-refractivity contribution is 5.87. The molecule has 1 atom stereocenters. The van der Waals surface area contributed by atoms with Gasteiger partial charge >= 0.3 is 0 Å². The van der Waals surface area contributed by atoms with Gasteiger partial charge in [0.05, 0.1) is 11.9 Å². The molecule has 0 aliphatic rings. The van der Waals surface area contributed by atoms with Gasteiger partial charge in [0, 0.05) is 19.3 Å². The van der Waals surface area contributed by atoms with Crippen molar-refractivity contribution in [1.29, 1.82) is 0 Å². The van der Waals surface area contributed by atoms with Crippen LogP contribution in [0.25, 0.3) is 0 Å². The van der Waals surface area contributed by atoms with Crippen LogP contribution in [0.15, 0.2) is 12.4 Å². The zero-order valence-corrected chi connectivity index (χ0v) is 11.6. The van der Waals surface area contributed by atoms with Crippen LogP contribution in [0, 0.1) is 0 Å². The zero-order chi connectivity index (χ0) is 14.4. The molecule has 2 amide bonds. The van der Waals surface area contributed by atoms with Crippen LogP contribution in [0.2, 0.25) is 0 Å². The number of nitrogens with two attached hydrogens (primary N) is 1. The molecule has 0 aliphatic heterocycles. The first-order chi connectivity index (χ1) is 8.97. The van der Waals surface area contributed by atoms with Gasteiger partial charge in [0.15, 0.2) is 0 Å². The largest absolute Gasteiger partial charge is 0.396 e. The maximum Gasteiger partial charge on any atom is 0.244 e. The van der Waals surface area contributed by atoms with Gasteiger partial charge in [0.25, 0.3) is 0 Å². The van der Waals surface area contributed by atoms with Crippen molar-refractivity contribution in [2.75, 3.05) is 18.8 Å². The van der Waals surface area contributed by atoms with E-state index in [1.165, 1.54) is 10.9 Å². The average Bonchev–Trinajstić information content (AvgIpc) is 2.75. The summed E-state index contributed by atoms with van der Waals surface area (Å²) in [5, 5.41) is 6.57. The Kier molecular flexibility index (Phi) is 5.35. The SMILES string of the molecule is CCN(CC)C(=O)C(C)NC(=O)Cn1cc(N)cn1. The number of nitrogens with zero attached hydrogens (tertiary/aromatic N) is 3. The molecule has 3 N–H and O–H groups in total. The fraction of sp³-hybridized carbons (Fsp3) is 0.583. The summed E-state index contributed by atoms with van der Waals surface area (Å²) in [5.74, 6) is -0.352. The molecule has 1 heterocycles. The number of hydrogen-bond acceptors (Lipinski definition) is 4. The fourth-order valence-corrected chi connectivity index (χ4v) is 1.77. The lowest BCUT2D eigenvalue weighted by molar-refractivity contribution is -0.135. The number of amides is 2. The minimum absolute atomic E-state index is 0.0487. The van der Waals surface area contributed by atoms with Gasteiger partial charge in [-0.1, -0.05) is 0 Å². The van der Waals surface area contributed by atoms with E-state index >= 15 is 0 Å². The Morgan fingerprint density at radius 3 is 2.58 bits per heavy atom. The van der Waals surface area contributed by atoms with E-state index in [4.69, 9.17) is 5.73 Å². The topological polar surface area (TPSA) is 93.2 Å². The van der Waals surface area contributed by atoms with Gasteiger partial charge in [0.1, 0.15) is 12.6 Å². The van der Waals surface area contributed by atoms with Crippen LogP contribution in [0.1, 0.15) is 20.8 Å². The number of rotatable bonds is 6. The Hall–Kier alpha value is -2.05. The third-order valence-electron chi connectivity index (χ3n) is 2.78. The van der Waals surface area contributed by atoms with Crippen LogP contribution < -0.4 is 11.1 Å². The number of aromatic nitrogens is 2. The number of carbonyl (C=O) groups is 2. The van der Waals surface area contributed by atoms with Gasteiger partial charge < -0.3 is 16.0 Å². The van der Waals surface area contributed by atoms with E-state index in [0.717, 1.165) is 0 Å². The predicted molar refractivity (Wildman–Crippen MR) is 72.2 cm³/mol. The van der Waals surface area contributed by atoms with E-state index < -0.39 is 6.04 Å². The van der Waals surface area contributed by atoms with E-state index in [-0.39, 0.29) is 18.4 Å². The van der Waals surface area contributed by atoms with Crippen molar-refractivity contribution in [3.8, 4) is 0 Å². The third-order valence-corrected chi connectivity index (χ3v) is 2.78. The van der Waals surface area contributed by atoms with Crippen molar-refractivity contribution < 1.29 is 9.59 Å². The molecule has 0 saturated carbocycles. The second kappa shape index (κ2) is 6.77. The van der Waals surface area contributed by atoms with E-state index in [0.29, 0.717) is 18.8 Å². The number of carbonyl (C=O) groups excluding carboxylic acids is 2. The van der Waals surface area contributed by atoms with Crippen molar-refractivity contribution in [2.24, 2.45) is 0 Å². The number of hydrogen-bond donors (Lipinski definition) is 2. The Morgan fingerprint density at radius 2 is 2.11 bits per heavy atom. The molecule has 7 nitrogen and oxygen atoms in total. The van der Waals surface area contributed by atoms with Crippen LogP contribution in [-0.2, 0) is 16.1 Å². The Morgan fingerprint density at radius 1 is 1.47 bits per heavy atom. The molecule has 0 fully saturated rings. The molecule has 0 aliphatic carbocycles. The van der Waals surface area contributed by atoms with Gasteiger partial charge in [-0.2, -0.15) is 5.10 Å². The molecule has 0 bridgehead atoms. The molecule has 1 rings (SSSR count). The summed E-state index contributed by atoms with van der Waals surface area (Å²) < 4.78 is 1.43. The predicted octanol–water partition coefficient (Wildman–Crippen LogP) is -0.162. The zero-order valence-electron chi connectivity index (χ0n) is 11.6.